The van der Waals surface area contributed by atoms with Gasteiger partial charge in [-0.2, -0.15) is 0 Å². The van der Waals surface area contributed by atoms with Crippen LogP contribution < -0.4 is 15.4 Å². The Morgan fingerprint density at radius 1 is 0.836 bits per heavy atom. The Kier molecular flexibility index (Phi) is 23.0. The van der Waals surface area contributed by atoms with Crippen LogP contribution in [0.5, 0.6) is 11.5 Å². The third kappa shape index (κ3) is 18.2. The Morgan fingerprint density at radius 3 is 1.98 bits per heavy atom. The number of ether oxygens (including phenoxy) is 2. The van der Waals surface area contributed by atoms with E-state index in [4.69, 9.17) is 9.47 Å². The molecule has 1 aliphatic rings. The maximum absolute atomic E-state index is 12.6. The number of fused-ring (bicyclic) bond motifs is 1. The molecule has 1 aromatic rings. The summed E-state index contributed by atoms with van der Waals surface area (Å²) in [6, 6.07) is -1.02. The van der Waals surface area contributed by atoms with Gasteiger partial charge in [0.05, 0.1) is 7.11 Å². The molecule has 1 unspecified atom stereocenters. The molecule has 1 aromatic carbocycles. The Hall–Kier alpha value is -5.12. The number of aromatic hydroxyl groups is 1. The number of unbranched alkanes of at least 4 members (excludes halogenated alkanes) is 1. The van der Waals surface area contributed by atoms with Crippen LogP contribution in [0.4, 0.5) is 0 Å². The highest BCUT2D eigenvalue weighted by Crippen LogP contribution is 2.42. The van der Waals surface area contributed by atoms with Crippen molar-refractivity contribution < 1.29 is 38.9 Å². The number of carbonyl (C=O) groups excluding carboxylic acids is 3. The Bertz CT molecular complexity index is 1610. The maximum Gasteiger partial charge on any atom is 0.342 e. The SMILES string of the molecule is CC/C=C\C/C=C\C/C=C\C/C=C\C/C=C\C/C=C\CCC(=O)NCCCCC(NC(=O)CC/C(C)=C/Cc1c(O)c2c(c(C)c1OC)COC2=O)C(=O)O. The smallest absolute Gasteiger partial charge is 0.342 e. The van der Waals surface area contributed by atoms with E-state index in [2.05, 4.69) is 84.4 Å². The fourth-order valence-corrected chi connectivity index (χ4v) is 5.88. The molecule has 0 fully saturated rings. The number of esters is 1. The van der Waals surface area contributed by atoms with Gasteiger partial charge in [-0.25, -0.2) is 9.59 Å². The van der Waals surface area contributed by atoms with Gasteiger partial charge >= 0.3 is 11.9 Å². The van der Waals surface area contributed by atoms with Gasteiger partial charge in [0.1, 0.15) is 29.7 Å². The van der Waals surface area contributed by atoms with Gasteiger partial charge in [0.25, 0.3) is 0 Å². The molecule has 0 bridgehead atoms. The number of methoxy groups -OCH3 is 1. The summed E-state index contributed by atoms with van der Waals surface area (Å²) >= 11 is 0. The molecule has 2 amide bonds. The number of hydrogen-bond acceptors (Lipinski definition) is 7. The lowest BCUT2D eigenvalue weighted by Crippen LogP contribution is -2.40. The third-order valence-electron chi connectivity index (χ3n) is 9.06. The van der Waals surface area contributed by atoms with Gasteiger partial charge in [-0.1, -0.05) is 91.5 Å². The second-order valence-corrected chi connectivity index (χ2v) is 13.4. The molecule has 0 saturated heterocycles. The van der Waals surface area contributed by atoms with E-state index in [0.717, 1.165) is 49.7 Å². The monoisotopic (exact) mass is 758 g/mol. The highest BCUT2D eigenvalue weighted by molar-refractivity contribution is 5.98. The van der Waals surface area contributed by atoms with Gasteiger partial charge in [-0.15, -0.1) is 0 Å². The van der Waals surface area contributed by atoms with E-state index >= 15 is 0 Å². The molecule has 2 rings (SSSR count). The summed E-state index contributed by atoms with van der Waals surface area (Å²) in [6.07, 6.45) is 36.5. The van der Waals surface area contributed by atoms with E-state index in [0.29, 0.717) is 55.5 Å². The topological polar surface area (TPSA) is 151 Å². The zero-order chi connectivity index (χ0) is 40.3. The van der Waals surface area contributed by atoms with Crippen LogP contribution in [-0.2, 0) is 32.1 Å². The second-order valence-electron chi connectivity index (χ2n) is 13.4. The van der Waals surface area contributed by atoms with Gasteiger partial charge in [0.2, 0.25) is 11.8 Å². The van der Waals surface area contributed by atoms with Crippen LogP contribution in [0, 0.1) is 6.92 Å². The van der Waals surface area contributed by atoms with E-state index in [1.807, 2.05) is 26.0 Å². The zero-order valence-electron chi connectivity index (χ0n) is 33.2. The van der Waals surface area contributed by atoms with Crippen LogP contribution in [0.3, 0.4) is 0 Å². The van der Waals surface area contributed by atoms with Crippen LogP contribution in [0.15, 0.2) is 84.6 Å². The predicted molar refractivity (Wildman–Crippen MR) is 219 cm³/mol. The number of carbonyl (C=O) groups is 4. The van der Waals surface area contributed by atoms with Crippen molar-refractivity contribution in [2.45, 2.75) is 123 Å². The number of phenols is 1. The number of cyclic esters (lactones) is 1. The number of phenolic OH excluding ortho intramolecular Hbond substituents is 1. The highest BCUT2D eigenvalue weighted by Gasteiger charge is 2.32. The second kappa shape index (κ2) is 27.5. The van der Waals surface area contributed by atoms with Gasteiger partial charge in [-0.3, -0.25) is 9.59 Å². The summed E-state index contributed by atoms with van der Waals surface area (Å²) in [5, 5.41) is 25.9. The molecule has 10 heteroatoms. The number of benzene rings is 1. The van der Waals surface area contributed by atoms with Gasteiger partial charge in [0.15, 0.2) is 0 Å². The van der Waals surface area contributed by atoms with Crippen LogP contribution in [0.25, 0.3) is 0 Å². The first kappa shape index (κ1) is 46.0. The largest absolute Gasteiger partial charge is 0.507 e. The summed E-state index contributed by atoms with van der Waals surface area (Å²) in [4.78, 5) is 48.7. The van der Waals surface area contributed by atoms with Crippen LogP contribution in [0.1, 0.15) is 124 Å². The summed E-state index contributed by atoms with van der Waals surface area (Å²) in [7, 11) is 1.50. The number of carboxylic acids is 1. The normalized spacial score (nSPS) is 13.9. The van der Waals surface area contributed by atoms with E-state index in [1.165, 1.54) is 7.11 Å². The molecule has 0 spiro atoms. The van der Waals surface area contributed by atoms with Crippen molar-refractivity contribution >= 4 is 23.8 Å². The molecule has 1 aliphatic heterocycles. The van der Waals surface area contributed by atoms with Gasteiger partial charge in [-0.05, 0) is 96.5 Å². The van der Waals surface area contributed by atoms with E-state index in [1.54, 1.807) is 0 Å². The molecule has 0 aromatic heterocycles. The number of hydrogen-bond donors (Lipinski definition) is 4. The lowest BCUT2D eigenvalue weighted by atomic mass is 9.94. The number of carboxylic acid groups (broad SMARTS) is 1. The van der Waals surface area contributed by atoms with E-state index in [9.17, 15) is 29.4 Å². The van der Waals surface area contributed by atoms with Crippen molar-refractivity contribution in [3.63, 3.8) is 0 Å². The van der Waals surface area contributed by atoms with E-state index < -0.39 is 18.0 Å². The molecule has 1 atom stereocenters. The fourth-order valence-electron chi connectivity index (χ4n) is 5.88. The van der Waals surface area contributed by atoms with Crippen molar-refractivity contribution in [3.8, 4) is 11.5 Å². The number of nitrogens with one attached hydrogen (secondary N) is 2. The average Bonchev–Trinajstić information content (AvgIpc) is 3.56. The van der Waals surface area contributed by atoms with Crippen LogP contribution in [-0.4, -0.2) is 53.7 Å². The molecule has 55 heavy (non-hydrogen) atoms. The minimum Gasteiger partial charge on any atom is -0.507 e. The summed E-state index contributed by atoms with van der Waals surface area (Å²) in [6.45, 7) is 6.33. The number of allylic oxidation sites excluding steroid dienone is 14. The zero-order valence-corrected chi connectivity index (χ0v) is 33.2. The summed E-state index contributed by atoms with van der Waals surface area (Å²) in [5.74, 6) is -1.77. The molecule has 1 heterocycles. The minimum atomic E-state index is -1.10. The molecule has 4 N–H and O–H groups in total. The average molecular weight is 759 g/mol. The molecule has 0 aliphatic carbocycles. The van der Waals surface area contributed by atoms with Crippen molar-refractivity contribution in [3.05, 3.63) is 107 Å². The van der Waals surface area contributed by atoms with Crippen molar-refractivity contribution in [2.75, 3.05) is 13.7 Å². The number of amides is 2. The van der Waals surface area contributed by atoms with Crippen LogP contribution in [0.2, 0.25) is 0 Å². The van der Waals surface area contributed by atoms with Crippen LogP contribution >= 0.6 is 0 Å². The molecular weight excluding hydrogens is 697 g/mol. The van der Waals surface area contributed by atoms with Crippen molar-refractivity contribution in [2.24, 2.45) is 0 Å². The van der Waals surface area contributed by atoms with Crippen molar-refractivity contribution in [1.82, 2.24) is 10.6 Å². The highest BCUT2D eigenvalue weighted by atomic mass is 16.5. The van der Waals surface area contributed by atoms with Gasteiger partial charge in [0, 0.05) is 30.5 Å². The number of rotatable bonds is 27. The number of aliphatic carboxylic acids is 1. The standard InChI is InChI=1S/C45H62N2O8/c1-5-6-7-8-9-10-11-12-13-14-15-16-17-18-19-20-21-22-23-27-39(48)46-32-25-24-26-38(44(51)52)47-40(49)31-29-34(2)28-30-36-42(50)41-37(33-55-45(41)53)35(3)43(36)54-4/h6-7,9-10,12-13,15-16,18-19,21-22,28,38,50H,5,8,11,14,17,20,23-27,29-33H2,1-4H3,(H,46,48)(H,47,49)(H,51,52)/b7-6-,10-9-,13-12-,16-15-,19-18-,22-21-,34-28+. The molecule has 300 valence electrons. The predicted octanol–water partition coefficient (Wildman–Crippen LogP) is 8.98. The van der Waals surface area contributed by atoms with E-state index in [-0.39, 0.29) is 49.0 Å². The Labute approximate surface area is 327 Å². The molecular formula is C45H62N2O8. The molecule has 0 radical (unpaired) electrons. The lowest BCUT2D eigenvalue weighted by molar-refractivity contribution is -0.142. The minimum absolute atomic E-state index is 0.0477. The molecule has 0 saturated carbocycles. The fraction of sp³-hybridized carbons (Fsp3) is 0.467. The van der Waals surface area contributed by atoms with Crippen molar-refractivity contribution in [1.29, 1.82) is 0 Å². The maximum atomic E-state index is 12.6. The Morgan fingerprint density at radius 2 is 1.42 bits per heavy atom. The first-order valence-electron chi connectivity index (χ1n) is 19.5. The Balaban J connectivity index is 1.57. The lowest BCUT2D eigenvalue weighted by Gasteiger charge is -2.16. The molecule has 10 nitrogen and oxygen atoms in total. The third-order valence-corrected chi connectivity index (χ3v) is 9.06. The summed E-state index contributed by atoms with van der Waals surface area (Å²) in [5.41, 5.74) is 2.85. The summed E-state index contributed by atoms with van der Waals surface area (Å²) < 4.78 is 10.6. The first-order chi connectivity index (χ1) is 26.6. The van der Waals surface area contributed by atoms with Gasteiger partial charge < -0.3 is 30.3 Å². The quantitative estimate of drug-likeness (QED) is 0.0394. The first-order valence-corrected chi connectivity index (χ1v) is 19.5.